The average molecular weight is 303 g/mol. The minimum absolute atomic E-state index is 0.748. The highest BCUT2D eigenvalue weighted by Crippen LogP contribution is 2.33. The number of anilines is 1. The number of hydrogen-bond donors (Lipinski definition) is 0. The molecule has 1 atom stereocenters. The molecule has 4 rings (SSSR count). The number of nitrogens with zero attached hydrogens (tertiary/aromatic N) is 3. The predicted octanol–water partition coefficient (Wildman–Crippen LogP) is 4.53. The summed E-state index contributed by atoms with van der Waals surface area (Å²) in [5.74, 6) is 0.748. The number of piperidine rings is 1. The second-order valence-corrected chi connectivity index (χ2v) is 6.48. The van der Waals surface area contributed by atoms with E-state index in [2.05, 4.69) is 53.2 Å². The van der Waals surface area contributed by atoms with Crippen LogP contribution in [0.25, 0.3) is 22.2 Å². The van der Waals surface area contributed by atoms with Crippen LogP contribution < -0.4 is 4.90 Å². The Morgan fingerprint density at radius 2 is 2.04 bits per heavy atom. The Hall–Kier alpha value is -2.42. The Morgan fingerprint density at radius 3 is 2.87 bits per heavy atom. The highest BCUT2D eigenvalue weighted by atomic mass is 15.1. The summed E-state index contributed by atoms with van der Waals surface area (Å²) in [6, 6.07) is 14.7. The maximum atomic E-state index is 4.85. The first-order valence-corrected chi connectivity index (χ1v) is 8.36. The monoisotopic (exact) mass is 303 g/mol. The van der Waals surface area contributed by atoms with Gasteiger partial charge >= 0.3 is 0 Å². The summed E-state index contributed by atoms with van der Waals surface area (Å²) in [4.78, 5) is 11.6. The Kier molecular flexibility index (Phi) is 3.70. The van der Waals surface area contributed by atoms with Gasteiger partial charge in [-0.05, 0) is 43.0 Å². The normalized spacial score (nSPS) is 18.3. The molecule has 1 unspecified atom stereocenters. The first-order valence-electron chi connectivity index (χ1n) is 8.36. The van der Waals surface area contributed by atoms with Gasteiger partial charge in [-0.2, -0.15) is 0 Å². The second-order valence-electron chi connectivity index (χ2n) is 6.48. The highest BCUT2D eigenvalue weighted by Gasteiger charge is 2.19. The average Bonchev–Trinajstić information content (AvgIpc) is 2.61. The fourth-order valence-corrected chi connectivity index (χ4v) is 3.49. The summed E-state index contributed by atoms with van der Waals surface area (Å²) in [7, 11) is 0. The van der Waals surface area contributed by atoms with Crippen LogP contribution in [-0.2, 0) is 0 Å². The highest BCUT2D eigenvalue weighted by molar-refractivity contribution is 5.94. The van der Waals surface area contributed by atoms with E-state index in [-0.39, 0.29) is 0 Å². The van der Waals surface area contributed by atoms with Crippen molar-refractivity contribution in [3.63, 3.8) is 0 Å². The minimum atomic E-state index is 0.748. The molecule has 0 radical (unpaired) electrons. The molecule has 1 fully saturated rings. The lowest BCUT2D eigenvalue weighted by molar-refractivity contribution is 0.447. The maximum absolute atomic E-state index is 4.85. The Balaban J connectivity index is 1.87. The number of fused-ring (bicyclic) bond motifs is 1. The van der Waals surface area contributed by atoms with Crippen LogP contribution in [0.3, 0.4) is 0 Å². The van der Waals surface area contributed by atoms with E-state index in [1.165, 1.54) is 23.9 Å². The molecule has 0 aliphatic carbocycles. The summed E-state index contributed by atoms with van der Waals surface area (Å²) in [6.07, 6.45) is 6.28. The van der Waals surface area contributed by atoms with Crippen LogP contribution in [0.5, 0.6) is 0 Å². The molecule has 0 bridgehead atoms. The molecule has 23 heavy (non-hydrogen) atoms. The topological polar surface area (TPSA) is 29.0 Å². The van der Waals surface area contributed by atoms with Crippen LogP contribution in [-0.4, -0.2) is 23.1 Å². The first kappa shape index (κ1) is 14.2. The van der Waals surface area contributed by atoms with Gasteiger partial charge in [0, 0.05) is 42.1 Å². The van der Waals surface area contributed by atoms with Crippen LogP contribution in [0.2, 0.25) is 0 Å². The van der Waals surface area contributed by atoms with E-state index in [4.69, 9.17) is 4.98 Å². The van der Waals surface area contributed by atoms with Crippen molar-refractivity contribution in [1.29, 1.82) is 0 Å². The molecule has 3 heterocycles. The van der Waals surface area contributed by atoms with Crippen molar-refractivity contribution >= 4 is 16.6 Å². The lowest BCUT2D eigenvalue weighted by atomic mass is 9.98. The third-order valence-corrected chi connectivity index (χ3v) is 4.65. The molecule has 3 heteroatoms. The van der Waals surface area contributed by atoms with Crippen LogP contribution in [0.15, 0.2) is 54.9 Å². The Labute approximate surface area is 137 Å². The third kappa shape index (κ3) is 2.79. The number of aromatic nitrogens is 2. The van der Waals surface area contributed by atoms with Gasteiger partial charge in [0.2, 0.25) is 0 Å². The van der Waals surface area contributed by atoms with E-state index in [0.29, 0.717) is 0 Å². The number of pyridine rings is 2. The van der Waals surface area contributed by atoms with Crippen molar-refractivity contribution in [3.8, 4) is 11.3 Å². The fraction of sp³-hybridized carbons (Fsp3) is 0.300. The van der Waals surface area contributed by atoms with E-state index in [0.717, 1.165) is 35.8 Å². The number of hydrogen-bond acceptors (Lipinski definition) is 3. The molecule has 3 nitrogen and oxygen atoms in total. The predicted molar refractivity (Wildman–Crippen MR) is 95.6 cm³/mol. The molecule has 1 aliphatic heterocycles. The van der Waals surface area contributed by atoms with E-state index in [1.54, 1.807) is 6.20 Å². The zero-order valence-corrected chi connectivity index (χ0v) is 13.4. The zero-order valence-electron chi connectivity index (χ0n) is 13.4. The number of para-hydroxylation sites is 1. The summed E-state index contributed by atoms with van der Waals surface area (Å²) in [5.41, 5.74) is 4.44. The number of rotatable bonds is 2. The van der Waals surface area contributed by atoms with Crippen molar-refractivity contribution in [3.05, 3.63) is 54.9 Å². The molecule has 0 amide bonds. The summed E-state index contributed by atoms with van der Waals surface area (Å²) >= 11 is 0. The van der Waals surface area contributed by atoms with E-state index in [1.807, 2.05) is 12.3 Å². The van der Waals surface area contributed by atoms with Crippen LogP contribution in [0.1, 0.15) is 19.8 Å². The standard InChI is InChI=1S/C20H21N3/c1-15-6-5-11-23(14-15)20-12-19(16-7-4-10-21-13-16)22-18-9-3-2-8-17(18)20/h2-4,7-10,12-13,15H,5-6,11,14H2,1H3. The summed E-state index contributed by atoms with van der Waals surface area (Å²) in [5, 5.41) is 1.24. The largest absolute Gasteiger partial charge is 0.371 e. The molecule has 2 aromatic heterocycles. The van der Waals surface area contributed by atoms with Crippen LogP contribution in [0.4, 0.5) is 5.69 Å². The van der Waals surface area contributed by atoms with Gasteiger partial charge in [0.1, 0.15) is 0 Å². The van der Waals surface area contributed by atoms with Crippen LogP contribution in [0, 0.1) is 5.92 Å². The van der Waals surface area contributed by atoms with Gasteiger partial charge < -0.3 is 4.90 Å². The molecule has 0 N–H and O–H groups in total. The van der Waals surface area contributed by atoms with Crippen LogP contribution >= 0.6 is 0 Å². The molecule has 0 spiro atoms. The quantitative estimate of drug-likeness (QED) is 0.696. The van der Waals surface area contributed by atoms with Gasteiger partial charge in [-0.15, -0.1) is 0 Å². The maximum Gasteiger partial charge on any atom is 0.0745 e. The summed E-state index contributed by atoms with van der Waals surface area (Å²) in [6.45, 7) is 4.60. The van der Waals surface area contributed by atoms with Crippen molar-refractivity contribution < 1.29 is 0 Å². The van der Waals surface area contributed by atoms with Gasteiger partial charge in [-0.25, -0.2) is 4.98 Å². The van der Waals surface area contributed by atoms with Gasteiger partial charge in [0.05, 0.1) is 11.2 Å². The molecule has 1 saturated heterocycles. The minimum Gasteiger partial charge on any atom is -0.371 e. The van der Waals surface area contributed by atoms with Gasteiger partial charge in [0.15, 0.2) is 0 Å². The molecule has 0 saturated carbocycles. The van der Waals surface area contributed by atoms with Crippen molar-refractivity contribution in [2.75, 3.05) is 18.0 Å². The molecule has 1 aromatic carbocycles. The molecule has 1 aliphatic rings. The lowest BCUT2D eigenvalue weighted by Gasteiger charge is -2.33. The van der Waals surface area contributed by atoms with E-state index in [9.17, 15) is 0 Å². The Bertz CT molecular complexity index is 813. The smallest absolute Gasteiger partial charge is 0.0745 e. The first-order chi connectivity index (χ1) is 11.3. The zero-order chi connectivity index (χ0) is 15.6. The Morgan fingerprint density at radius 1 is 1.13 bits per heavy atom. The van der Waals surface area contributed by atoms with Crippen molar-refractivity contribution in [2.24, 2.45) is 5.92 Å². The van der Waals surface area contributed by atoms with E-state index >= 15 is 0 Å². The molecule has 116 valence electrons. The second kappa shape index (κ2) is 5.99. The molecule has 3 aromatic rings. The number of benzene rings is 1. The van der Waals surface area contributed by atoms with Gasteiger partial charge in [-0.1, -0.05) is 25.1 Å². The van der Waals surface area contributed by atoms with Crippen molar-refractivity contribution in [1.82, 2.24) is 9.97 Å². The van der Waals surface area contributed by atoms with Gasteiger partial charge in [-0.3, -0.25) is 4.98 Å². The summed E-state index contributed by atoms with van der Waals surface area (Å²) < 4.78 is 0. The third-order valence-electron chi connectivity index (χ3n) is 4.65. The van der Waals surface area contributed by atoms with Crippen molar-refractivity contribution in [2.45, 2.75) is 19.8 Å². The fourth-order valence-electron chi connectivity index (χ4n) is 3.49. The van der Waals surface area contributed by atoms with Gasteiger partial charge in [0.25, 0.3) is 0 Å². The molecular formula is C20H21N3. The SMILES string of the molecule is CC1CCCN(c2cc(-c3cccnc3)nc3ccccc23)C1. The lowest BCUT2D eigenvalue weighted by Crippen LogP contribution is -2.34. The molecular weight excluding hydrogens is 282 g/mol. The van der Waals surface area contributed by atoms with E-state index < -0.39 is 0 Å².